The molecule has 0 fully saturated rings. The highest BCUT2D eigenvalue weighted by molar-refractivity contribution is 7.98. The quantitative estimate of drug-likeness (QED) is 0.594. The number of rotatable bonds is 3. The van der Waals surface area contributed by atoms with Gasteiger partial charge in [0.1, 0.15) is 5.51 Å². The third-order valence-electron chi connectivity index (χ3n) is 2.87. The molecule has 0 atom stereocenters. The second-order valence-corrected chi connectivity index (χ2v) is 6.19. The SMILES string of the molecule is Cc1cc(SCc2cc(=O)n3ncsc3n2)ccc1N. The van der Waals surface area contributed by atoms with Crippen molar-refractivity contribution < 1.29 is 0 Å². The number of nitrogen functional groups attached to an aromatic ring is 1. The number of hydrogen-bond donors (Lipinski definition) is 1. The van der Waals surface area contributed by atoms with Gasteiger partial charge in [0.2, 0.25) is 4.96 Å². The molecule has 0 spiro atoms. The summed E-state index contributed by atoms with van der Waals surface area (Å²) in [6.45, 7) is 1.98. The molecule has 7 heteroatoms. The maximum atomic E-state index is 11.8. The van der Waals surface area contributed by atoms with Gasteiger partial charge in [0.15, 0.2) is 0 Å². The molecule has 2 aromatic heterocycles. The van der Waals surface area contributed by atoms with E-state index in [0.29, 0.717) is 10.7 Å². The van der Waals surface area contributed by atoms with E-state index in [-0.39, 0.29) is 5.56 Å². The number of fused-ring (bicyclic) bond motifs is 1. The average Bonchev–Trinajstić information content (AvgIpc) is 2.89. The molecule has 2 N–H and O–H groups in total. The standard InChI is InChI=1S/C13H12N4OS2/c1-8-4-10(2-3-11(8)14)19-6-9-5-12(18)17-13(16-9)20-7-15-17/h2-5,7H,6,14H2,1H3. The van der Waals surface area contributed by atoms with Crippen LogP contribution in [0.4, 0.5) is 5.69 Å². The summed E-state index contributed by atoms with van der Waals surface area (Å²) in [5, 5.41) is 3.94. The normalized spacial score (nSPS) is 11.1. The number of nitrogens with two attached hydrogens (primary N) is 1. The molecule has 3 rings (SSSR count). The maximum absolute atomic E-state index is 11.8. The van der Waals surface area contributed by atoms with E-state index < -0.39 is 0 Å². The van der Waals surface area contributed by atoms with Crippen molar-refractivity contribution in [3.8, 4) is 0 Å². The molecule has 0 aliphatic heterocycles. The highest BCUT2D eigenvalue weighted by atomic mass is 32.2. The van der Waals surface area contributed by atoms with Crippen LogP contribution in [0.5, 0.6) is 0 Å². The predicted molar refractivity (Wildman–Crippen MR) is 82.3 cm³/mol. The second kappa shape index (κ2) is 5.26. The minimum Gasteiger partial charge on any atom is -0.399 e. The van der Waals surface area contributed by atoms with E-state index in [1.165, 1.54) is 21.9 Å². The fourth-order valence-corrected chi connectivity index (χ4v) is 3.30. The molecule has 5 nitrogen and oxygen atoms in total. The van der Waals surface area contributed by atoms with Gasteiger partial charge in [-0.25, -0.2) is 4.98 Å². The van der Waals surface area contributed by atoms with Crippen molar-refractivity contribution >= 4 is 33.7 Å². The van der Waals surface area contributed by atoms with Crippen molar-refractivity contribution in [3.63, 3.8) is 0 Å². The Labute approximate surface area is 123 Å². The van der Waals surface area contributed by atoms with Crippen LogP contribution in [0, 0.1) is 6.92 Å². The maximum Gasteiger partial charge on any atom is 0.275 e. The van der Waals surface area contributed by atoms with Crippen molar-refractivity contribution in [1.82, 2.24) is 14.6 Å². The van der Waals surface area contributed by atoms with Gasteiger partial charge in [0.05, 0.1) is 5.69 Å². The van der Waals surface area contributed by atoms with Crippen LogP contribution >= 0.6 is 23.1 Å². The van der Waals surface area contributed by atoms with Gasteiger partial charge in [-0.1, -0.05) is 11.3 Å². The van der Waals surface area contributed by atoms with Crippen molar-refractivity contribution in [1.29, 1.82) is 0 Å². The van der Waals surface area contributed by atoms with Crippen molar-refractivity contribution in [2.24, 2.45) is 0 Å². The van der Waals surface area contributed by atoms with Gasteiger partial charge in [-0.2, -0.15) is 9.61 Å². The number of thioether (sulfide) groups is 1. The Kier molecular flexibility index (Phi) is 3.45. The lowest BCUT2D eigenvalue weighted by atomic mass is 10.2. The third-order valence-corrected chi connectivity index (χ3v) is 4.57. The van der Waals surface area contributed by atoms with Crippen molar-refractivity contribution in [2.45, 2.75) is 17.6 Å². The van der Waals surface area contributed by atoms with Gasteiger partial charge in [0, 0.05) is 22.4 Å². The van der Waals surface area contributed by atoms with E-state index in [4.69, 9.17) is 5.73 Å². The Balaban J connectivity index is 1.82. The van der Waals surface area contributed by atoms with Gasteiger partial charge in [-0.05, 0) is 30.7 Å². The van der Waals surface area contributed by atoms with Gasteiger partial charge in [0.25, 0.3) is 5.56 Å². The lowest BCUT2D eigenvalue weighted by molar-refractivity contribution is 0.888. The molecule has 0 radical (unpaired) electrons. The Morgan fingerprint density at radius 3 is 3.05 bits per heavy atom. The Morgan fingerprint density at radius 2 is 2.25 bits per heavy atom. The lowest BCUT2D eigenvalue weighted by Gasteiger charge is -2.04. The summed E-state index contributed by atoms with van der Waals surface area (Å²) < 4.78 is 1.31. The van der Waals surface area contributed by atoms with E-state index in [9.17, 15) is 4.79 Å². The van der Waals surface area contributed by atoms with E-state index >= 15 is 0 Å². The fourth-order valence-electron chi connectivity index (χ4n) is 1.77. The zero-order valence-corrected chi connectivity index (χ0v) is 12.4. The Hall–Kier alpha value is -1.86. The first kappa shape index (κ1) is 13.1. The summed E-state index contributed by atoms with van der Waals surface area (Å²) in [5.41, 5.74) is 9.88. The number of hydrogen-bond acceptors (Lipinski definition) is 6. The molecule has 0 unspecified atom stereocenters. The molecule has 0 aliphatic rings. The molecule has 0 bridgehead atoms. The van der Waals surface area contributed by atoms with Crippen LogP contribution in [-0.4, -0.2) is 14.6 Å². The zero-order valence-electron chi connectivity index (χ0n) is 10.7. The summed E-state index contributed by atoms with van der Waals surface area (Å²) >= 11 is 2.99. The van der Waals surface area contributed by atoms with Crippen LogP contribution < -0.4 is 11.3 Å². The van der Waals surface area contributed by atoms with Crippen LogP contribution in [0.1, 0.15) is 11.3 Å². The highest BCUT2D eigenvalue weighted by Gasteiger charge is 2.05. The monoisotopic (exact) mass is 304 g/mol. The Bertz CT molecular complexity index is 825. The summed E-state index contributed by atoms with van der Waals surface area (Å²) in [5.74, 6) is 0.646. The molecule has 0 aliphatic carbocycles. The van der Waals surface area contributed by atoms with Crippen LogP contribution in [0.15, 0.2) is 39.5 Å². The molecule has 2 heterocycles. The molecule has 0 saturated carbocycles. The van der Waals surface area contributed by atoms with E-state index in [2.05, 4.69) is 10.1 Å². The van der Waals surface area contributed by atoms with Crippen LogP contribution in [-0.2, 0) is 5.75 Å². The molecule has 102 valence electrons. The van der Waals surface area contributed by atoms with Gasteiger partial charge in [-0.3, -0.25) is 4.79 Å². The number of nitrogens with zero attached hydrogens (tertiary/aromatic N) is 3. The van der Waals surface area contributed by atoms with Gasteiger partial charge < -0.3 is 5.73 Å². The van der Waals surface area contributed by atoms with Crippen LogP contribution in [0.2, 0.25) is 0 Å². The lowest BCUT2D eigenvalue weighted by Crippen LogP contribution is -2.14. The van der Waals surface area contributed by atoms with Crippen LogP contribution in [0.25, 0.3) is 4.96 Å². The van der Waals surface area contributed by atoms with Crippen LogP contribution in [0.3, 0.4) is 0 Å². The first-order valence-electron chi connectivity index (χ1n) is 5.95. The molecule has 1 aromatic carbocycles. The summed E-state index contributed by atoms with van der Waals surface area (Å²) in [6.07, 6.45) is 0. The Morgan fingerprint density at radius 1 is 1.40 bits per heavy atom. The van der Waals surface area contributed by atoms with E-state index in [0.717, 1.165) is 21.8 Å². The largest absolute Gasteiger partial charge is 0.399 e. The fraction of sp³-hybridized carbons (Fsp3) is 0.154. The number of aryl methyl sites for hydroxylation is 1. The second-order valence-electron chi connectivity index (χ2n) is 4.33. The topological polar surface area (TPSA) is 73.3 Å². The van der Waals surface area contributed by atoms with Crippen molar-refractivity contribution in [3.05, 3.63) is 51.4 Å². The molecule has 0 amide bonds. The predicted octanol–water partition coefficient (Wildman–Crippen LogP) is 2.33. The molecular weight excluding hydrogens is 292 g/mol. The third kappa shape index (κ3) is 2.54. The number of aromatic nitrogens is 3. The van der Waals surface area contributed by atoms with Gasteiger partial charge in [-0.15, -0.1) is 11.8 Å². The summed E-state index contributed by atoms with van der Waals surface area (Å²) in [7, 11) is 0. The molecule has 3 aromatic rings. The van der Waals surface area contributed by atoms with Crippen molar-refractivity contribution in [2.75, 3.05) is 5.73 Å². The first-order chi connectivity index (χ1) is 9.63. The van der Waals surface area contributed by atoms with E-state index in [1.807, 2.05) is 25.1 Å². The minimum atomic E-state index is -0.139. The first-order valence-corrected chi connectivity index (χ1v) is 7.81. The molecular formula is C13H12N4OS2. The summed E-state index contributed by atoms with van der Waals surface area (Å²) in [4.78, 5) is 18.0. The molecule has 0 saturated heterocycles. The average molecular weight is 304 g/mol. The van der Waals surface area contributed by atoms with E-state index in [1.54, 1.807) is 17.3 Å². The number of benzene rings is 1. The molecule has 20 heavy (non-hydrogen) atoms. The summed E-state index contributed by atoms with van der Waals surface area (Å²) in [6, 6.07) is 7.44. The number of anilines is 1. The smallest absolute Gasteiger partial charge is 0.275 e. The van der Waals surface area contributed by atoms with Gasteiger partial charge >= 0.3 is 0 Å². The zero-order chi connectivity index (χ0) is 14.1. The minimum absolute atomic E-state index is 0.139. The highest BCUT2D eigenvalue weighted by Crippen LogP contribution is 2.25.